The highest BCUT2D eigenvalue weighted by Crippen LogP contribution is 2.24. The first-order valence-corrected chi connectivity index (χ1v) is 5.17. The van der Waals surface area contributed by atoms with E-state index in [2.05, 4.69) is 0 Å². The van der Waals surface area contributed by atoms with Gasteiger partial charge < -0.3 is 10.0 Å². The molecule has 0 aromatic rings. The Labute approximate surface area is 91.0 Å². The summed E-state index contributed by atoms with van der Waals surface area (Å²) in [6.07, 6.45) is 0. The van der Waals surface area contributed by atoms with E-state index < -0.39 is 11.0 Å². The van der Waals surface area contributed by atoms with Gasteiger partial charge in [-0.15, -0.1) is 11.6 Å². The summed E-state index contributed by atoms with van der Waals surface area (Å²) in [7, 11) is 1.69. The quantitative estimate of drug-likeness (QED) is 0.731. The van der Waals surface area contributed by atoms with Crippen LogP contribution in [0.1, 0.15) is 27.7 Å². The molecule has 0 bridgehead atoms. The van der Waals surface area contributed by atoms with Gasteiger partial charge in [0.15, 0.2) is 0 Å². The number of likely N-dealkylation sites (N-methyl/N-ethyl adjacent to an activating group) is 1. The lowest BCUT2D eigenvalue weighted by molar-refractivity contribution is -0.144. The van der Waals surface area contributed by atoms with Crippen molar-refractivity contribution in [3.8, 4) is 0 Å². The Morgan fingerprint density at radius 3 is 2.07 bits per heavy atom. The minimum Gasteiger partial charge on any atom is -0.394 e. The number of carbonyl (C=O) groups excluding carboxylic acids is 1. The molecule has 0 unspecified atom stereocenters. The predicted octanol–water partition coefficient (Wildman–Crippen LogP) is 1.48. The number of carbonyl (C=O) groups is 1. The molecule has 84 valence electrons. The molecule has 4 heteroatoms. The van der Waals surface area contributed by atoms with Gasteiger partial charge in [-0.1, -0.05) is 0 Å². The average molecular weight is 222 g/mol. The monoisotopic (exact) mass is 221 g/mol. The van der Waals surface area contributed by atoms with Crippen LogP contribution in [0, 0.1) is 5.41 Å². The summed E-state index contributed by atoms with van der Waals surface area (Å²) >= 11 is 5.72. The van der Waals surface area contributed by atoms with Crippen LogP contribution < -0.4 is 0 Å². The molecule has 0 aliphatic rings. The van der Waals surface area contributed by atoms with Crippen molar-refractivity contribution in [1.82, 2.24) is 4.90 Å². The van der Waals surface area contributed by atoms with Crippen molar-refractivity contribution in [2.75, 3.05) is 19.5 Å². The van der Waals surface area contributed by atoms with E-state index in [9.17, 15) is 4.79 Å². The lowest BCUT2D eigenvalue weighted by Gasteiger charge is -2.38. The zero-order chi connectivity index (χ0) is 11.6. The highest BCUT2D eigenvalue weighted by molar-refractivity contribution is 6.19. The maximum absolute atomic E-state index is 11.9. The highest BCUT2D eigenvalue weighted by Gasteiger charge is 2.35. The molecule has 0 saturated heterocycles. The molecule has 0 atom stereocenters. The van der Waals surface area contributed by atoms with Crippen LogP contribution in [0.2, 0.25) is 0 Å². The van der Waals surface area contributed by atoms with E-state index in [1.807, 2.05) is 13.8 Å². The summed E-state index contributed by atoms with van der Waals surface area (Å²) in [6.45, 7) is 7.16. The average Bonchev–Trinajstić information content (AvgIpc) is 2.15. The Hall–Kier alpha value is -0.280. The predicted molar refractivity (Wildman–Crippen MR) is 58.4 cm³/mol. The Balaban J connectivity index is 4.71. The molecule has 0 rings (SSSR count). The van der Waals surface area contributed by atoms with E-state index in [0.717, 1.165) is 0 Å². The zero-order valence-corrected chi connectivity index (χ0v) is 10.4. The molecule has 0 fully saturated rings. The van der Waals surface area contributed by atoms with Gasteiger partial charge in [0.05, 0.1) is 17.6 Å². The third-order valence-corrected chi connectivity index (χ3v) is 3.18. The smallest absolute Gasteiger partial charge is 0.229 e. The molecule has 0 aliphatic heterocycles. The van der Waals surface area contributed by atoms with Gasteiger partial charge in [-0.05, 0) is 27.7 Å². The number of alkyl halides is 1. The second-order valence-electron chi connectivity index (χ2n) is 4.85. The third kappa shape index (κ3) is 2.85. The van der Waals surface area contributed by atoms with Gasteiger partial charge in [-0.25, -0.2) is 0 Å². The molecule has 0 saturated carbocycles. The van der Waals surface area contributed by atoms with Crippen molar-refractivity contribution in [2.45, 2.75) is 33.2 Å². The number of amides is 1. The molecule has 0 radical (unpaired) electrons. The fourth-order valence-electron chi connectivity index (χ4n) is 0.892. The molecule has 0 aromatic carbocycles. The molecule has 0 heterocycles. The molecule has 0 aliphatic carbocycles. The van der Waals surface area contributed by atoms with Crippen LogP contribution in [0.5, 0.6) is 0 Å². The lowest BCUT2D eigenvalue weighted by Crippen LogP contribution is -2.52. The third-order valence-electron chi connectivity index (χ3n) is 2.51. The zero-order valence-electron chi connectivity index (χ0n) is 9.59. The van der Waals surface area contributed by atoms with Crippen molar-refractivity contribution in [3.05, 3.63) is 0 Å². The van der Waals surface area contributed by atoms with Gasteiger partial charge in [0.1, 0.15) is 0 Å². The molecule has 0 aromatic heterocycles. The summed E-state index contributed by atoms with van der Waals surface area (Å²) < 4.78 is 0. The van der Waals surface area contributed by atoms with E-state index in [4.69, 9.17) is 16.7 Å². The van der Waals surface area contributed by atoms with Crippen molar-refractivity contribution in [2.24, 2.45) is 5.41 Å². The number of hydrogen-bond donors (Lipinski definition) is 1. The topological polar surface area (TPSA) is 40.5 Å². The normalized spacial score (nSPS) is 12.8. The number of aliphatic hydroxyl groups is 1. The van der Waals surface area contributed by atoms with Gasteiger partial charge in [-0.2, -0.15) is 0 Å². The van der Waals surface area contributed by atoms with Gasteiger partial charge >= 0.3 is 0 Å². The van der Waals surface area contributed by atoms with Crippen LogP contribution in [-0.4, -0.2) is 41.0 Å². The fourth-order valence-corrected chi connectivity index (χ4v) is 1.01. The summed E-state index contributed by atoms with van der Waals surface area (Å²) in [4.78, 5) is 13.5. The second-order valence-corrected chi connectivity index (χ2v) is 5.12. The molecule has 3 nitrogen and oxygen atoms in total. The minimum atomic E-state index is -0.581. The number of halogens is 1. The number of hydrogen-bond acceptors (Lipinski definition) is 2. The van der Waals surface area contributed by atoms with Crippen LogP contribution in [-0.2, 0) is 4.79 Å². The van der Waals surface area contributed by atoms with Crippen molar-refractivity contribution in [1.29, 1.82) is 0 Å². The minimum absolute atomic E-state index is 0.0495. The van der Waals surface area contributed by atoms with Gasteiger partial charge in [0.2, 0.25) is 5.91 Å². The van der Waals surface area contributed by atoms with Crippen molar-refractivity contribution in [3.63, 3.8) is 0 Å². The first-order valence-electron chi connectivity index (χ1n) is 4.64. The van der Waals surface area contributed by atoms with Gasteiger partial charge in [0.25, 0.3) is 0 Å². The molecular formula is C10H20ClNO2. The number of aliphatic hydroxyl groups excluding tert-OH is 1. The first-order chi connectivity index (χ1) is 6.19. The maximum Gasteiger partial charge on any atom is 0.229 e. The van der Waals surface area contributed by atoms with E-state index in [1.54, 1.807) is 25.8 Å². The highest BCUT2D eigenvalue weighted by atomic mass is 35.5. The van der Waals surface area contributed by atoms with E-state index in [-0.39, 0.29) is 18.4 Å². The Morgan fingerprint density at radius 1 is 1.36 bits per heavy atom. The second kappa shape index (κ2) is 4.49. The number of rotatable bonds is 4. The van der Waals surface area contributed by atoms with E-state index in [1.165, 1.54) is 0 Å². The number of nitrogens with zero attached hydrogens (tertiary/aromatic N) is 1. The summed E-state index contributed by atoms with van der Waals surface area (Å²) in [5.41, 5.74) is -1.12. The summed E-state index contributed by atoms with van der Waals surface area (Å²) in [5, 5.41) is 9.12. The standard InChI is InChI=1S/C10H20ClNO2/c1-9(2,6-11)8(14)12(5)10(3,4)7-13/h13H,6-7H2,1-5H3. The molecule has 14 heavy (non-hydrogen) atoms. The van der Waals surface area contributed by atoms with Crippen molar-refractivity contribution < 1.29 is 9.90 Å². The van der Waals surface area contributed by atoms with Crippen LogP contribution in [0.15, 0.2) is 0 Å². The molecule has 1 amide bonds. The Morgan fingerprint density at radius 2 is 1.79 bits per heavy atom. The summed E-state index contributed by atoms with van der Waals surface area (Å²) in [5.74, 6) is 0.226. The van der Waals surface area contributed by atoms with Crippen LogP contribution in [0.4, 0.5) is 0 Å². The molecule has 1 N–H and O–H groups in total. The lowest BCUT2D eigenvalue weighted by atomic mass is 9.92. The van der Waals surface area contributed by atoms with E-state index >= 15 is 0 Å². The van der Waals surface area contributed by atoms with Crippen LogP contribution in [0.3, 0.4) is 0 Å². The van der Waals surface area contributed by atoms with Crippen LogP contribution in [0.25, 0.3) is 0 Å². The van der Waals surface area contributed by atoms with Crippen molar-refractivity contribution >= 4 is 17.5 Å². The maximum atomic E-state index is 11.9. The largest absolute Gasteiger partial charge is 0.394 e. The Bertz CT molecular complexity index is 214. The Kier molecular flexibility index (Phi) is 4.40. The molecule has 0 spiro atoms. The first kappa shape index (κ1) is 13.7. The van der Waals surface area contributed by atoms with Gasteiger partial charge in [0, 0.05) is 12.9 Å². The SMILES string of the molecule is CN(C(=O)C(C)(C)CCl)C(C)(C)CO. The summed E-state index contributed by atoms with van der Waals surface area (Å²) in [6, 6.07) is 0. The fraction of sp³-hybridized carbons (Fsp3) is 0.900. The van der Waals surface area contributed by atoms with E-state index in [0.29, 0.717) is 0 Å². The van der Waals surface area contributed by atoms with Crippen LogP contribution >= 0.6 is 11.6 Å². The van der Waals surface area contributed by atoms with Gasteiger partial charge in [-0.3, -0.25) is 4.79 Å². The molecular weight excluding hydrogens is 202 g/mol.